The lowest BCUT2D eigenvalue weighted by atomic mass is 9.72. The summed E-state index contributed by atoms with van der Waals surface area (Å²) in [6, 6.07) is 0. The van der Waals surface area contributed by atoms with Crippen molar-refractivity contribution in [3.8, 4) is 0 Å². The SMILES string of the molecule is CC(=O)N1CCC(C(C)(C)C)CC1.CC(C)(C)C1CCCCC1.CCCN1CCC(C(C)(C)C)CC1.CCCN1CCC(C(C)(C)C)CC1.CCCN1CCC(C(C)(C)C)CC1. The van der Waals surface area contributed by atoms with Crippen LogP contribution < -0.4 is 0 Å². The average molecular weight is 874 g/mol. The molecule has 0 aromatic heterocycles. The van der Waals surface area contributed by atoms with E-state index in [1.54, 1.807) is 6.92 Å². The van der Waals surface area contributed by atoms with E-state index in [-0.39, 0.29) is 5.91 Å². The number of likely N-dealkylation sites (tertiary alicyclic amines) is 4. The standard InChI is InChI=1S/3C12H25N.C11H21NO.C10H20/c3*1-5-8-13-9-6-11(7-10-13)12(2,3)4;1-9(13)12-7-5-10(6-8-12)11(2,3)4;1-10(2,3)9-7-5-4-6-8-9/h3*11H,5-10H2,1-4H3;10H,5-8H2,1-4H3;9H,4-8H2,1-3H3. The van der Waals surface area contributed by atoms with Crippen molar-refractivity contribution in [2.24, 2.45) is 56.7 Å². The Kier molecular flexibility index (Phi) is 27.3. The minimum atomic E-state index is 0.229. The number of nitrogens with zero attached hydrogens (tertiary/aromatic N) is 4. The van der Waals surface area contributed by atoms with Gasteiger partial charge in [-0.1, -0.05) is 144 Å². The normalized spacial score (nSPS) is 22.0. The summed E-state index contributed by atoms with van der Waals surface area (Å²) >= 11 is 0. The highest BCUT2D eigenvalue weighted by Crippen LogP contribution is 2.39. The zero-order chi connectivity index (χ0) is 47.4. The van der Waals surface area contributed by atoms with E-state index in [1.165, 1.54) is 162 Å². The molecule has 0 atom stereocenters. The third kappa shape index (κ3) is 24.8. The van der Waals surface area contributed by atoms with Crippen molar-refractivity contribution in [2.45, 2.75) is 234 Å². The molecule has 5 heteroatoms. The molecule has 1 amide bonds. The van der Waals surface area contributed by atoms with Crippen LogP contribution in [0.2, 0.25) is 0 Å². The summed E-state index contributed by atoms with van der Waals surface area (Å²) in [7, 11) is 0. The molecule has 4 saturated heterocycles. The van der Waals surface area contributed by atoms with E-state index >= 15 is 0 Å². The van der Waals surface area contributed by atoms with Crippen molar-refractivity contribution in [3.63, 3.8) is 0 Å². The Morgan fingerprint density at radius 2 is 0.565 bits per heavy atom. The van der Waals surface area contributed by atoms with Gasteiger partial charge in [0.1, 0.15) is 0 Å². The van der Waals surface area contributed by atoms with Gasteiger partial charge in [0.05, 0.1) is 0 Å². The van der Waals surface area contributed by atoms with Crippen LogP contribution in [0.25, 0.3) is 0 Å². The molecule has 5 rings (SSSR count). The van der Waals surface area contributed by atoms with Gasteiger partial charge in [0.2, 0.25) is 5.91 Å². The first-order valence-corrected chi connectivity index (χ1v) is 27.1. The molecule has 370 valence electrons. The Labute approximate surface area is 391 Å². The lowest BCUT2D eigenvalue weighted by Gasteiger charge is -2.38. The summed E-state index contributed by atoms with van der Waals surface area (Å²) < 4.78 is 0. The largest absolute Gasteiger partial charge is 0.343 e. The second-order valence-electron chi connectivity index (χ2n) is 26.3. The van der Waals surface area contributed by atoms with E-state index in [1.807, 2.05) is 4.90 Å². The fourth-order valence-electron chi connectivity index (χ4n) is 11.0. The van der Waals surface area contributed by atoms with E-state index < -0.39 is 0 Å². The lowest BCUT2D eigenvalue weighted by molar-refractivity contribution is -0.130. The maximum Gasteiger partial charge on any atom is 0.219 e. The summed E-state index contributed by atoms with van der Waals surface area (Å²) in [5.41, 5.74) is 2.55. The Bertz CT molecular complexity index is 1020. The van der Waals surface area contributed by atoms with Crippen molar-refractivity contribution in [3.05, 3.63) is 0 Å². The zero-order valence-corrected chi connectivity index (χ0v) is 46.2. The van der Waals surface area contributed by atoms with Crippen LogP contribution in [0.1, 0.15) is 234 Å². The van der Waals surface area contributed by atoms with Gasteiger partial charge in [-0.15, -0.1) is 0 Å². The third-order valence-electron chi connectivity index (χ3n) is 16.1. The molecule has 0 spiro atoms. The van der Waals surface area contributed by atoms with Crippen LogP contribution in [0.3, 0.4) is 0 Å². The number of piperidine rings is 4. The quantitative estimate of drug-likeness (QED) is 0.266. The van der Waals surface area contributed by atoms with Gasteiger partial charge in [0.25, 0.3) is 0 Å². The van der Waals surface area contributed by atoms with Crippen molar-refractivity contribution in [1.29, 1.82) is 0 Å². The van der Waals surface area contributed by atoms with Crippen molar-refractivity contribution < 1.29 is 4.79 Å². The van der Waals surface area contributed by atoms with E-state index in [4.69, 9.17) is 0 Å². The fraction of sp³-hybridized carbons (Fsp3) is 0.982. The van der Waals surface area contributed by atoms with Crippen LogP contribution in [-0.4, -0.2) is 97.5 Å². The summed E-state index contributed by atoms with van der Waals surface area (Å²) in [4.78, 5) is 20.9. The van der Waals surface area contributed by atoms with Gasteiger partial charge in [-0.3, -0.25) is 4.79 Å². The Hall–Kier alpha value is -0.650. The van der Waals surface area contributed by atoms with Gasteiger partial charge < -0.3 is 19.6 Å². The topological polar surface area (TPSA) is 30.0 Å². The lowest BCUT2D eigenvalue weighted by Crippen LogP contribution is -2.40. The molecule has 1 aliphatic carbocycles. The monoisotopic (exact) mass is 873 g/mol. The summed E-state index contributed by atoms with van der Waals surface area (Å²) in [5, 5.41) is 0. The van der Waals surface area contributed by atoms with Gasteiger partial charge >= 0.3 is 0 Å². The molecule has 62 heavy (non-hydrogen) atoms. The Morgan fingerprint density at radius 3 is 0.742 bits per heavy atom. The molecule has 4 heterocycles. The van der Waals surface area contributed by atoms with Crippen LogP contribution in [-0.2, 0) is 4.79 Å². The van der Waals surface area contributed by atoms with Crippen LogP contribution >= 0.6 is 0 Å². The second kappa shape index (κ2) is 28.5. The van der Waals surface area contributed by atoms with Crippen LogP contribution in [0.5, 0.6) is 0 Å². The Morgan fingerprint density at radius 1 is 0.355 bits per heavy atom. The average Bonchev–Trinajstić information content (AvgIpc) is 3.19. The molecule has 1 saturated carbocycles. The van der Waals surface area contributed by atoms with E-state index in [0.29, 0.717) is 27.1 Å². The number of hydrogen-bond donors (Lipinski definition) is 0. The molecule has 5 aliphatic rings. The highest BCUT2D eigenvalue weighted by Gasteiger charge is 2.32. The summed E-state index contributed by atoms with van der Waals surface area (Å²) in [5.74, 6) is 4.85. The van der Waals surface area contributed by atoms with Gasteiger partial charge in [-0.05, 0) is 199 Å². The minimum Gasteiger partial charge on any atom is -0.343 e. The molecule has 0 radical (unpaired) electrons. The first-order chi connectivity index (χ1) is 28.6. The molecule has 0 aromatic rings. The molecule has 5 fully saturated rings. The first-order valence-electron chi connectivity index (χ1n) is 27.1. The molecule has 0 unspecified atom stereocenters. The van der Waals surface area contributed by atoms with Gasteiger partial charge in [0.15, 0.2) is 0 Å². The number of amides is 1. The summed E-state index contributed by atoms with van der Waals surface area (Å²) in [6.07, 6.45) is 22.1. The molecular weight excluding hydrogens is 757 g/mol. The fourth-order valence-corrected chi connectivity index (χ4v) is 11.0. The van der Waals surface area contributed by atoms with E-state index in [2.05, 4.69) is 139 Å². The molecule has 0 bridgehead atoms. The maximum atomic E-state index is 11.1. The summed E-state index contributed by atoms with van der Waals surface area (Å²) in [6.45, 7) is 57.7. The third-order valence-corrected chi connectivity index (χ3v) is 16.1. The van der Waals surface area contributed by atoms with E-state index in [9.17, 15) is 4.79 Å². The van der Waals surface area contributed by atoms with Crippen LogP contribution in [0.15, 0.2) is 0 Å². The van der Waals surface area contributed by atoms with Crippen LogP contribution in [0.4, 0.5) is 0 Å². The highest BCUT2D eigenvalue weighted by atomic mass is 16.2. The second-order valence-corrected chi connectivity index (χ2v) is 26.3. The number of rotatable bonds is 6. The molecule has 0 aromatic carbocycles. The van der Waals surface area contributed by atoms with E-state index in [0.717, 1.165) is 42.7 Å². The smallest absolute Gasteiger partial charge is 0.219 e. The van der Waals surface area contributed by atoms with Crippen LogP contribution in [0, 0.1) is 56.7 Å². The van der Waals surface area contributed by atoms with Gasteiger partial charge in [-0.25, -0.2) is 0 Å². The van der Waals surface area contributed by atoms with Crippen molar-refractivity contribution in [2.75, 3.05) is 72.0 Å². The molecule has 0 N–H and O–H groups in total. The zero-order valence-electron chi connectivity index (χ0n) is 46.2. The molecule has 4 aliphatic heterocycles. The van der Waals surface area contributed by atoms with Gasteiger partial charge in [0, 0.05) is 20.0 Å². The predicted octanol–water partition coefficient (Wildman–Crippen LogP) is 15.4. The highest BCUT2D eigenvalue weighted by molar-refractivity contribution is 5.73. The molecule has 5 nitrogen and oxygen atoms in total. The molecular formula is C57H116N4O. The number of carbonyl (C=O) groups is 1. The number of carbonyl (C=O) groups excluding carboxylic acids is 1. The van der Waals surface area contributed by atoms with Gasteiger partial charge in [-0.2, -0.15) is 0 Å². The predicted molar refractivity (Wildman–Crippen MR) is 277 cm³/mol. The Balaban J connectivity index is 0.000000389. The van der Waals surface area contributed by atoms with Crippen molar-refractivity contribution >= 4 is 5.91 Å². The first kappa shape index (κ1) is 59.4. The minimum absolute atomic E-state index is 0.229. The number of hydrogen-bond acceptors (Lipinski definition) is 4. The maximum absolute atomic E-state index is 11.1. The van der Waals surface area contributed by atoms with Crippen molar-refractivity contribution in [1.82, 2.24) is 19.6 Å².